The van der Waals surface area contributed by atoms with Crippen LogP contribution in [0.1, 0.15) is 44.1 Å². The topological polar surface area (TPSA) is 75.4 Å². The zero-order valence-corrected chi connectivity index (χ0v) is 14.2. The third-order valence-electron chi connectivity index (χ3n) is 5.31. The quantitative estimate of drug-likeness (QED) is 0.867. The lowest BCUT2D eigenvalue weighted by molar-refractivity contribution is -0.122. The van der Waals surface area contributed by atoms with Gasteiger partial charge in [0.25, 0.3) is 0 Å². The minimum absolute atomic E-state index is 0.0243. The van der Waals surface area contributed by atoms with Gasteiger partial charge in [-0.1, -0.05) is 31.0 Å². The summed E-state index contributed by atoms with van der Waals surface area (Å²) < 4.78 is 0. The maximum atomic E-state index is 12.3. The third-order valence-corrected chi connectivity index (χ3v) is 5.31. The Morgan fingerprint density at radius 3 is 2.83 bits per heavy atom. The van der Waals surface area contributed by atoms with Gasteiger partial charge in [0.1, 0.15) is 0 Å². The summed E-state index contributed by atoms with van der Waals surface area (Å²) >= 11 is 0. The van der Waals surface area contributed by atoms with Crippen molar-refractivity contribution in [2.75, 3.05) is 18.0 Å². The molecule has 1 heterocycles. The van der Waals surface area contributed by atoms with Crippen LogP contribution in [0.25, 0.3) is 0 Å². The number of carbonyl (C=O) groups excluding carboxylic acids is 2. The third kappa shape index (κ3) is 3.78. The number of nitrogens with two attached hydrogens (primary N) is 1. The van der Waals surface area contributed by atoms with Gasteiger partial charge in [-0.3, -0.25) is 9.59 Å². The molecule has 0 spiro atoms. The maximum Gasteiger partial charge on any atom is 0.227 e. The highest BCUT2D eigenvalue weighted by atomic mass is 16.2. The molecule has 130 valence electrons. The zero-order valence-electron chi connectivity index (χ0n) is 14.2. The van der Waals surface area contributed by atoms with E-state index in [9.17, 15) is 9.59 Å². The lowest BCUT2D eigenvalue weighted by Gasteiger charge is -2.32. The SMILES string of the molecule is NCC1CCCCC1NC(=O)CCN1C(=O)CCc2ccccc21. The fraction of sp³-hybridized carbons (Fsp3) is 0.579. The second kappa shape index (κ2) is 7.79. The molecule has 1 aromatic rings. The van der Waals surface area contributed by atoms with E-state index in [1.54, 1.807) is 4.90 Å². The van der Waals surface area contributed by atoms with Gasteiger partial charge in [0, 0.05) is 31.1 Å². The number of hydrogen-bond acceptors (Lipinski definition) is 3. The molecule has 0 aromatic heterocycles. The van der Waals surface area contributed by atoms with E-state index in [0.717, 1.165) is 31.4 Å². The molecule has 24 heavy (non-hydrogen) atoms. The number of nitrogens with zero attached hydrogens (tertiary/aromatic N) is 1. The van der Waals surface area contributed by atoms with Gasteiger partial charge in [0.05, 0.1) is 0 Å². The molecule has 2 aliphatic rings. The van der Waals surface area contributed by atoms with Crippen LogP contribution in [-0.2, 0) is 16.0 Å². The van der Waals surface area contributed by atoms with Crippen molar-refractivity contribution in [3.05, 3.63) is 29.8 Å². The van der Waals surface area contributed by atoms with Crippen molar-refractivity contribution in [2.45, 2.75) is 51.0 Å². The van der Waals surface area contributed by atoms with Crippen LogP contribution < -0.4 is 16.0 Å². The molecule has 2 unspecified atom stereocenters. The van der Waals surface area contributed by atoms with Crippen LogP contribution in [0.3, 0.4) is 0 Å². The van der Waals surface area contributed by atoms with Crippen LogP contribution in [-0.4, -0.2) is 30.9 Å². The molecule has 3 rings (SSSR count). The Hall–Kier alpha value is -1.88. The summed E-state index contributed by atoms with van der Waals surface area (Å²) in [6.07, 6.45) is 6.12. The highest BCUT2D eigenvalue weighted by Gasteiger charge is 2.27. The van der Waals surface area contributed by atoms with Crippen LogP contribution in [0.4, 0.5) is 5.69 Å². The van der Waals surface area contributed by atoms with Crippen LogP contribution in [0.15, 0.2) is 24.3 Å². The number of hydrogen-bond donors (Lipinski definition) is 2. The molecule has 0 saturated heterocycles. The summed E-state index contributed by atoms with van der Waals surface area (Å²) in [7, 11) is 0. The van der Waals surface area contributed by atoms with E-state index in [1.807, 2.05) is 18.2 Å². The summed E-state index contributed by atoms with van der Waals surface area (Å²) in [4.78, 5) is 26.3. The van der Waals surface area contributed by atoms with Crippen LogP contribution in [0.5, 0.6) is 0 Å². The first kappa shape index (κ1) is 17.0. The van der Waals surface area contributed by atoms with E-state index >= 15 is 0 Å². The summed E-state index contributed by atoms with van der Waals surface area (Å²) in [6.45, 7) is 1.07. The Kier molecular flexibility index (Phi) is 5.51. The molecule has 2 amide bonds. The molecule has 1 fully saturated rings. The van der Waals surface area contributed by atoms with E-state index in [2.05, 4.69) is 11.4 Å². The fourth-order valence-electron chi connectivity index (χ4n) is 3.91. The first-order valence-electron chi connectivity index (χ1n) is 9.06. The Morgan fingerprint density at radius 2 is 2.00 bits per heavy atom. The van der Waals surface area contributed by atoms with Gasteiger partial charge in [0.15, 0.2) is 0 Å². The minimum atomic E-state index is 0.0243. The van der Waals surface area contributed by atoms with Crippen molar-refractivity contribution >= 4 is 17.5 Å². The molecular formula is C19H27N3O2. The summed E-state index contributed by atoms with van der Waals surface area (Å²) in [5.41, 5.74) is 7.97. The summed E-state index contributed by atoms with van der Waals surface area (Å²) in [5.74, 6) is 0.523. The Labute approximate surface area is 143 Å². The fourth-order valence-corrected chi connectivity index (χ4v) is 3.91. The van der Waals surface area contributed by atoms with E-state index in [1.165, 1.54) is 12.0 Å². The van der Waals surface area contributed by atoms with E-state index in [4.69, 9.17) is 5.73 Å². The first-order chi connectivity index (χ1) is 11.7. The number of fused-ring (bicyclic) bond motifs is 1. The number of rotatable bonds is 5. The van der Waals surface area contributed by atoms with Crippen LogP contribution in [0, 0.1) is 5.92 Å². The average Bonchev–Trinajstić information content (AvgIpc) is 2.61. The van der Waals surface area contributed by atoms with Crippen molar-refractivity contribution in [1.82, 2.24) is 5.32 Å². The summed E-state index contributed by atoms with van der Waals surface area (Å²) in [6, 6.07) is 8.16. The molecule has 5 nitrogen and oxygen atoms in total. The Morgan fingerprint density at radius 1 is 1.21 bits per heavy atom. The normalized spacial score (nSPS) is 23.7. The smallest absolute Gasteiger partial charge is 0.227 e. The van der Waals surface area contributed by atoms with Crippen LogP contribution in [0.2, 0.25) is 0 Å². The highest BCUT2D eigenvalue weighted by molar-refractivity contribution is 5.97. The largest absolute Gasteiger partial charge is 0.353 e. The van der Waals surface area contributed by atoms with E-state index in [0.29, 0.717) is 31.8 Å². The van der Waals surface area contributed by atoms with Gasteiger partial charge in [-0.2, -0.15) is 0 Å². The molecular weight excluding hydrogens is 302 g/mol. The van der Waals surface area contributed by atoms with E-state index < -0.39 is 0 Å². The molecule has 0 bridgehead atoms. The minimum Gasteiger partial charge on any atom is -0.353 e. The number of amides is 2. The van der Waals surface area contributed by atoms with Crippen molar-refractivity contribution < 1.29 is 9.59 Å². The zero-order chi connectivity index (χ0) is 16.9. The predicted molar refractivity (Wildman–Crippen MR) is 94.7 cm³/mol. The monoisotopic (exact) mass is 329 g/mol. The van der Waals surface area contributed by atoms with Gasteiger partial charge >= 0.3 is 0 Å². The van der Waals surface area contributed by atoms with Crippen molar-refractivity contribution in [3.8, 4) is 0 Å². The van der Waals surface area contributed by atoms with Gasteiger partial charge in [0.2, 0.25) is 11.8 Å². The first-order valence-corrected chi connectivity index (χ1v) is 9.06. The van der Waals surface area contributed by atoms with Gasteiger partial charge in [-0.15, -0.1) is 0 Å². The number of benzene rings is 1. The molecule has 5 heteroatoms. The number of carbonyl (C=O) groups is 2. The standard InChI is InChI=1S/C19H27N3O2/c20-13-15-6-1-3-7-16(15)21-18(23)11-12-22-17-8-4-2-5-14(17)9-10-19(22)24/h2,4-5,8,15-16H,1,3,6-7,9-13,20H2,(H,21,23). The molecule has 1 aromatic carbocycles. The lowest BCUT2D eigenvalue weighted by atomic mass is 9.84. The molecule has 1 aliphatic carbocycles. The number of aryl methyl sites for hydroxylation is 1. The predicted octanol–water partition coefficient (Wildman–Crippen LogP) is 1.99. The molecule has 0 radical (unpaired) electrons. The van der Waals surface area contributed by atoms with Gasteiger partial charge in [-0.05, 0) is 43.4 Å². The average molecular weight is 329 g/mol. The molecule has 2 atom stereocenters. The van der Waals surface area contributed by atoms with Crippen molar-refractivity contribution in [2.24, 2.45) is 11.7 Å². The maximum absolute atomic E-state index is 12.3. The highest BCUT2D eigenvalue weighted by Crippen LogP contribution is 2.27. The number of nitrogens with one attached hydrogen (secondary N) is 1. The second-order valence-electron chi connectivity index (χ2n) is 6.88. The summed E-state index contributed by atoms with van der Waals surface area (Å²) in [5, 5.41) is 3.14. The number of anilines is 1. The lowest BCUT2D eigenvalue weighted by Crippen LogP contribution is -2.46. The van der Waals surface area contributed by atoms with Gasteiger partial charge < -0.3 is 16.0 Å². The van der Waals surface area contributed by atoms with Crippen molar-refractivity contribution in [3.63, 3.8) is 0 Å². The second-order valence-corrected chi connectivity index (χ2v) is 6.88. The number of para-hydroxylation sites is 1. The van der Waals surface area contributed by atoms with Crippen molar-refractivity contribution in [1.29, 1.82) is 0 Å². The molecule has 3 N–H and O–H groups in total. The Bertz CT molecular complexity index is 602. The van der Waals surface area contributed by atoms with Crippen LogP contribution >= 0.6 is 0 Å². The van der Waals surface area contributed by atoms with E-state index in [-0.39, 0.29) is 17.9 Å². The molecule has 1 saturated carbocycles. The Balaban J connectivity index is 1.57. The molecule has 1 aliphatic heterocycles. The van der Waals surface area contributed by atoms with Gasteiger partial charge in [-0.25, -0.2) is 0 Å².